The topological polar surface area (TPSA) is 68.7 Å². The van der Waals surface area contributed by atoms with Crippen molar-refractivity contribution in [3.8, 4) is 17.2 Å². The number of aromatic carboxylic acids is 1. The molecule has 4 aromatic rings. The third kappa shape index (κ3) is 4.82. The van der Waals surface area contributed by atoms with Gasteiger partial charge < -0.3 is 14.6 Å². The lowest BCUT2D eigenvalue weighted by Crippen LogP contribution is -2.11. The van der Waals surface area contributed by atoms with Crippen LogP contribution in [0.2, 0.25) is 0 Å². The summed E-state index contributed by atoms with van der Waals surface area (Å²) in [7, 11) is 1.47. The number of hydrogen-bond donors (Lipinski definition) is 1. The Labute approximate surface area is 193 Å². The average Bonchev–Trinajstić information content (AvgIpc) is 2.78. The number of rotatable bonds is 6. The largest absolute Gasteiger partial charge is 0.496 e. The van der Waals surface area contributed by atoms with Crippen molar-refractivity contribution < 1.29 is 19.4 Å². The summed E-state index contributed by atoms with van der Waals surface area (Å²) in [6.45, 7) is 6.63. The molecule has 1 N–H and O–H groups in total. The highest BCUT2D eigenvalue weighted by Gasteiger charge is 2.18. The number of hydrogen-bond acceptors (Lipinski definition) is 4. The molecule has 0 fully saturated rings. The van der Waals surface area contributed by atoms with E-state index in [4.69, 9.17) is 9.47 Å². The fraction of sp³-hybridized carbons (Fsp3) is 0.214. The van der Waals surface area contributed by atoms with Crippen molar-refractivity contribution in [3.63, 3.8) is 0 Å². The molecule has 1 aromatic heterocycles. The van der Waals surface area contributed by atoms with Gasteiger partial charge in [-0.05, 0) is 46.2 Å². The standard InChI is InChI=1S/C28H27NO4/c1-28(2,3)24-11-12-25(22-8-6-5-7-21(22)24)33-20-13-14-29-19(17-20)15-18-9-10-23(27(30)31)26(16-18)32-4/h5-14,16-17H,15H2,1-4H3,(H,30,31). The van der Waals surface area contributed by atoms with Crippen molar-refractivity contribution in [2.45, 2.75) is 32.6 Å². The maximum Gasteiger partial charge on any atom is 0.339 e. The second-order valence-corrected chi connectivity index (χ2v) is 9.01. The fourth-order valence-corrected chi connectivity index (χ4v) is 3.99. The number of carboxylic acids is 1. The first kappa shape index (κ1) is 22.3. The Balaban J connectivity index is 1.62. The Morgan fingerprint density at radius 1 is 0.939 bits per heavy atom. The second kappa shape index (κ2) is 8.94. The molecule has 0 aliphatic carbocycles. The summed E-state index contributed by atoms with van der Waals surface area (Å²) in [5, 5.41) is 11.5. The van der Waals surface area contributed by atoms with Crippen LogP contribution < -0.4 is 9.47 Å². The van der Waals surface area contributed by atoms with Crippen LogP contribution in [0.25, 0.3) is 10.8 Å². The van der Waals surface area contributed by atoms with Gasteiger partial charge in [-0.25, -0.2) is 4.79 Å². The molecule has 4 rings (SSSR count). The van der Waals surface area contributed by atoms with Crippen LogP contribution in [0.3, 0.4) is 0 Å². The van der Waals surface area contributed by atoms with Gasteiger partial charge in [0.25, 0.3) is 0 Å². The van der Waals surface area contributed by atoms with Gasteiger partial charge in [-0.15, -0.1) is 0 Å². The van der Waals surface area contributed by atoms with E-state index in [2.05, 4.69) is 50.0 Å². The predicted molar refractivity (Wildman–Crippen MR) is 130 cm³/mol. The zero-order valence-corrected chi connectivity index (χ0v) is 19.3. The van der Waals surface area contributed by atoms with Crippen molar-refractivity contribution in [1.82, 2.24) is 4.98 Å². The molecule has 5 heteroatoms. The predicted octanol–water partition coefficient (Wildman–Crippen LogP) is 6.62. The smallest absolute Gasteiger partial charge is 0.339 e. The summed E-state index contributed by atoms with van der Waals surface area (Å²) >= 11 is 0. The SMILES string of the molecule is COc1cc(Cc2cc(Oc3ccc(C(C)(C)C)c4ccccc34)ccn2)ccc1C(=O)O. The molecule has 33 heavy (non-hydrogen) atoms. The molecule has 0 spiro atoms. The third-order valence-corrected chi connectivity index (χ3v) is 5.59. The molecule has 168 valence electrons. The number of nitrogens with zero attached hydrogens (tertiary/aromatic N) is 1. The minimum Gasteiger partial charge on any atom is -0.496 e. The molecule has 0 radical (unpaired) electrons. The summed E-state index contributed by atoms with van der Waals surface area (Å²) in [4.78, 5) is 15.8. The lowest BCUT2D eigenvalue weighted by Gasteiger charge is -2.22. The van der Waals surface area contributed by atoms with Gasteiger partial charge in [0.15, 0.2) is 0 Å². The van der Waals surface area contributed by atoms with Crippen LogP contribution in [0.1, 0.15) is 48.0 Å². The summed E-state index contributed by atoms with van der Waals surface area (Å²) in [5.74, 6) is 0.806. The molecular formula is C28H27NO4. The third-order valence-electron chi connectivity index (χ3n) is 5.59. The Morgan fingerprint density at radius 2 is 1.70 bits per heavy atom. The first-order chi connectivity index (χ1) is 15.8. The summed E-state index contributed by atoms with van der Waals surface area (Å²) in [5.41, 5.74) is 3.16. The number of carboxylic acid groups (broad SMARTS) is 1. The summed E-state index contributed by atoms with van der Waals surface area (Å²) in [6, 6.07) is 21.3. The van der Waals surface area contributed by atoms with Crippen LogP contribution in [0.15, 0.2) is 72.9 Å². The van der Waals surface area contributed by atoms with Crippen LogP contribution in [-0.4, -0.2) is 23.2 Å². The number of aromatic nitrogens is 1. The quantitative estimate of drug-likeness (QED) is 0.364. The number of carbonyl (C=O) groups is 1. The molecule has 0 unspecified atom stereocenters. The van der Waals surface area contributed by atoms with Crippen molar-refractivity contribution in [2.75, 3.05) is 7.11 Å². The number of fused-ring (bicyclic) bond motifs is 1. The molecule has 0 atom stereocenters. The summed E-state index contributed by atoms with van der Waals surface area (Å²) in [6.07, 6.45) is 2.25. The van der Waals surface area contributed by atoms with Crippen LogP contribution in [0.4, 0.5) is 0 Å². The Hall–Kier alpha value is -3.86. The van der Waals surface area contributed by atoms with Crippen molar-refractivity contribution in [1.29, 1.82) is 0 Å². The van der Waals surface area contributed by atoms with Gasteiger partial charge in [0, 0.05) is 29.8 Å². The highest BCUT2D eigenvalue weighted by atomic mass is 16.5. The molecule has 3 aromatic carbocycles. The van der Waals surface area contributed by atoms with E-state index in [0.29, 0.717) is 17.9 Å². The van der Waals surface area contributed by atoms with Crippen molar-refractivity contribution in [3.05, 3.63) is 95.3 Å². The van der Waals surface area contributed by atoms with E-state index in [-0.39, 0.29) is 11.0 Å². The lowest BCUT2D eigenvalue weighted by molar-refractivity contribution is 0.0693. The van der Waals surface area contributed by atoms with Gasteiger partial charge in [0.05, 0.1) is 7.11 Å². The average molecular weight is 442 g/mol. The number of benzene rings is 3. The van der Waals surface area contributed by atoms with Crippen molar-refractivity contribution in [2.24, 2.45) is 0 Å². The lowest BCUT2D eigenvalue weighted by atomic mass is 9.83. The van der Waals surface area contributed by atoms with Gasteiger partial charge in [0.2, 0.25) is 0 Å². The van der Waals surface area contributed by atoms with E-state index < -0.39 is 5.97 Å². The Kier molecular flexibility index (Phi) is 6.05. The number of pyridine rings is 1. The minimum atomic E-state index is -1.02. The van der Waals surface area contributed by atoms with E-state index in [1.54, 1.807) is 24.4 Å². The Morgan fingerprint density at radius 3 is 2.39 bits per heavy atom. The minimum absolute atomic E-state index is 0.0270. The first-order valence-corrected chi connectivity index (χ1v) is 10.8. The Bertz CT molecular complexity index is 1320. The summed E-state index contributed by atoms with van der Waals surface area (Å²) < 4.78 is 11.5. The normalized spacial score (nSPS) is 11.4. The van der Waals surface area contributed by atoms with Gasteiger partial charge in [-0.2, -0.15) is 0 Å². The molecule has 0 saturated heterocycles. The molecule has 1 heterocycles. The van der Waals surface area contributed by atoms with Gasteiger partial charge in [-0.1, -0.05) is 57.2 Å². The molecule has 0 bridgehead atoms. The molecular weight excluding hydrogens is 414 g/mol. The monoisotopic (exact) mass is 441 g/mol. The maximum atomic E-state index is 11.3. The highest BCUT2D eigenvalue weighted by molar-refractivity contribution is 5.92. The van der Waals surface area contributed by atoms with Crippen molar-refractivity contribution >= 4 is 16.7 Å². The van der Waals surface area contributed by atoms with E-state index in [1.165, 1.54) is 18.1 Å². The van der Waals surface area contributed by atoms with Crippen LogP contribution >= 0.6 is 0 Å². The second-order valence-electron chi connectivity index (χ2n) is 9.01. The van der Waals surface area contributed by atoms with Gasteiger partial charge in [0.1, 0.15) is 22.8 Å². The van der Waals surface area contributed by atoms with E-state index >= 15 is 0 Å². The van der Waals surface area contributed by atoms with E-state index in [9.17, 15) is 9.90 Å². The molecule has 0 aliphatic rings. The van der Waals surface area contributed by atoms with Crippen LogP contribution in [0.5, 0.6) is 17.2 Å². The molecule has 0 saturated carbocycles. The van der Waals surface area contributed by atoms with E-state index in [0.717, 1.165) is 22.4 Å². The zero-order valence-electron chi connectivity index (χ0n) is 19.3. The number of methoxy groups -OCH3 is 1. The van der Waals surface area contributed by atoms with Gasteiger partial charge >= 0.3 is 5.97 Å². The molecule has 5 nitrogen and oxygen atoms in total. The first-order valence-electron chi connectivity index (χ1n) is 10.8. The fourth-order valence-electron chi connectivity index (χ4n) is 3.99. The maximum absolute atomic E-state index is 11.3. The van der Waals surface area contributed by atoms with Crippen LogP contribution in [-0.2, 0) is 11.8 Å². The highest BCUT2D eigenvalue weighted by Crippen LogP contribution is 2.37. The molecule has 0 aliphatic heterocycles. The van der Waals surface area contributed by atoms with Crippen LogP contribution in [0, 0.1) is 0 Å². The van der Waals surface area contributed by atoms with E-state index in [1.807, 2.05) is 24.3 Å². The van der Waals surface area contributed by atoms with Gasteiger partial charge in [-0.3, -0.25) is 4.98 Å². The zero-order chi connectivity index (χ0) is 23.6. The number of ether oxygens (including phenoxy) is 2. The molecule has 0 amide bonds.